The van der Waals surface area contributed by atoms with E-state index in [0.717, 1.165) is 6.42 Å². The third-order valence-corrected chi connectivity index (χ3v) is 3.24. The van der Waals surface area contributed by atoms with E-state index in [0.29, 0.717) is 27.2 Å². The maximum atomic E-state index is 12.2. The largest absolute Gasteiger partial charge is 0.368 e. The minimum absolute atomic E-state index is 0.122. The predicted octanol–water partition coefficient (Wildman–Crippen LogP) is 2.84. The van der Waals surface area contributed by atoms with Crippen LogP contribution in [-0.2, 0) is 0 Å². The van der Waals surface area contributed by atoms with E-state index in [1.54, 1.807) is 18.3 Å². The van der Waals surface area contributed by atoms with Gasteiger partial charge in [0, 0.05) is 27.8 Å². The minimum atomic E-state index is -0.254. The molecule has 0 atom stereocenters. The van der Waals surface area contributed by atoms with E-state index in [1.807, 2.05) is 19.9 Å². The van der Waals surface area contributed by atoms with Crippen LogP contribution in [-0.4, -0.2) is 15.0 Å². The molecule has 0 spiro atoms. The molecular weight excluding hydrogens is 276 g/mol. The zero-order valence-electron chi connectivity index (χ0n) is 11.3. The number of nitrogens with one attached hydrogen (secondary N) is 1. The summed E-state index contributed by atoms with van der Waals surface area (Å²) in [7, 11) is 0. The van der Waals surface area contributed by atoms with Crippen LogP contribution in [0.3, 0.4) is 0 Å². The van der Waals surface area contributed by atoms with E-state index in [9.17, 15) is 4.79 Å². The van der Waals surface area contributed by atoms with E-state index < -0.39 is 0 Å². The molecule has 0 bridgehead atoms. The molecule has 5 nitrogen and oxygen atoms in total. The topological polar surface area (TPSA) is 84.7 Å². The number of pyridine rings is 1. The molecule has 0 aliphatic rings. The summed E-state index contributed by atoms with van der Waals surface area (Å²) in [5, 5.41) is 1.24. The van der Waals surface area contributed by atoms with Gasteiger partial charge in [0.05, 0.1) is 0 Å². The summed E-state index contributed by atoms with van der Waals surface area (Å²) < 4.78 is 0. The number of halogens is 1. The van der Waals surface area contributed by atoms with Crippen LogP contribution >= 0.6 is 11.6 Å². The molecule has 0 saturated heterocycles. The Morgan fingerprint density at radius 2 is 2.30 bits per heavy atom. The molecule has 2 heterocycles. The lowest BCUT2D eigenvalue weighted by molar-refractivity contribution is 1.16. The van der Waals surface area contributed by atoms with Crippen LogP contribution in [0.5, 0.6) is 0 Å². The van der Waals surface area contributed by atoms with Crippen LogP contribution in [0, 0.1) is 0 Å². The Bertz CT molecular complexity index is 761. The van der Waals surface area contributed by atoms with Gasteiger partial charge in [-0.2, -0.15) is 4.98 Å². The molecule has 3 N–H and O–H groups in total. The van der Waals surface area contributed by atoms with Gasteiger partial charge in [-0.3, -0.25) is 4.79 Å². The molecule has 0 radical (unpaired) electrons. The van der Waals surface area contributed by atoms with Crippen molar-refractivity contribution in [3.8, 4) is 0 Å². The zero-order chi connectivity index (χ0) is 14.7. The highest BCUT2D eigenvalue weighted by Crippen LogP contribution is 2.25. The molecule has 0 aliphatic heterocycles. The van der Waals surface area contributed by atoms with Crippen molar-refractivity contribution in [1.82, 2.24) is 15.0 Å². The van der Waals surface area contributed by atoms with Gasteiger partial charge >= 0.3 is 0 Å². The van der Waals surface area contributed by atoms with E-state index in [1.165, 1.54) is 0 Å². The first-order valence-electron chi connectivity index (χ1n) is 6.25. The van der Waals surface area contributed by atoms with Gasteiger partial charge in [-0.15, -0.1) is 0 Å². The molecule has 0 saturated carbocycles. The van der Waals surface area contributed by atoms with Gasteiger partial charge in [-0.1, -0.05) is 30.7 Å². The average molecular weight is 291 g/mol. The van der Waals surface area contributed by atoms with Crippen molar-refractivity contribution in [2.24, 2.45) is 0 Å². The van der Waals surface area contributed by atoms with Crippen molar-refractivity contribution in [3.05, 3.63) is 45.4 Å². The summed E-state index contributed by atoms with van der Waals surface area (Å²) in [6.07, 6.45) is 6.02. The Morgan fingerprint density at radius 3 is 2.95 bits per heavy atom. The van der Waals surface area contributed by atoms with Gasteiger partial charge in [-0.25, -0.2) is 4.98 Å². The number of fused-ring (bicyclic) bond motifs is 1. The number of hydrogen-bond donors (Lipinski definition) is 2. The van der Waals surface area contributed by atoms with Crippen molar-refractivity contribution in [2.75, 3.05) is 5.73 Å². The van der Waals surface area contributed by atoms with E-state index in [2.05, 4.69) is 15.0 Å². The number of anilines is 1. The van der Waals surface area contributed by atoms with Crippen LogP contribution in [0.25, 0.3) is 16.6 Å². The molecule has 104 valence electrons. The summed E-state index contributed by atoms with van der Waals surface area (Å²) in [5.41, 5.74) is 6.87. The first-order chi connectivity index (χ1) is 9.56. The number of H-pyrrole nitrogens is 1. The summed E-state index contributed by atoms with van der Waals surface area (Å²) >= 11 is 6.18. The van der Waals surface area contributed by atoms with Gasteiger partial charge in [0.25, 0.3) is 5.56 Å². The zero-order valence-corrected chi connectivity index (χ0v) is 12.0. The molecular formula is C14H15ClN4O. The normalized spacial score (nSPS) is 12.9. The molecule has 0 unspecified atom stereocenters. The second kappa shape index (κ2) is 5.88. The average Bonchev–Trinajstić information content (AvgIpc) is 2.43. The van der Waals surface area contributed by atoms with Crippen LogP contribution in [0.4, 0.5) is 5.95 Å². The second-order valence-corrected chi connectivity index (χ2v) is 4.61. The molecule has 0 aliphatic carbocycles. The highest BCUT2D eigenvalue weighted by molar-refractivity contribution is 6.37. The number of aromatic nitrogens is 3. The standard InChI is InChI=1S/C14H15ClN4O/c1-3-5-9(11(15)4-2)10-6-8-7-17-14(16)19-12(8)18-13(10)20/h4-7H,3H2,1-2H3,(H3,16,17,18,19,20)/b9-5-,11-4+. The summed E-state index contributed by atoms with van der Waals surface area (Å²) in [5.74, 6) is 0.122. The monoisotopic (exact) mass is 290 g/mol. The predicted molar refractivity (Wildman–Crippen MR) is 82.4 cm³/mol. The molecule has 2 rings (SSSR count). The fourth-order valence-electron chi connectivity index (χ4n) is 1.90. The number of hydrogen-bond acceptors (Lipinski definition) is 4. The van der Waals surface area contributed by atoms with Crippen LogP contribution < -0.4 is 11.3 Å². The Morgan fingerprint density at radius 1 is 1.55 bits per heavy atom. The van der Waals surface area contributed by atoms with Crippen molar-refractivity contribution >= 4 is 34.2 Å². The number of rotatable bonds is 3. The van der Waals surface area contributed by atoms with E-state index in [4.69, 9.17) is 17.3 Å². The van der Waals surface area contributed by atoms with E-state index in [-0.39, 0.29) is 11.5 Å². The molecule has 2 aromatic rings. The van der Waals surface area contributed by atoms with Gasteiger partial charge in [-0.05, 0) is 19.4 Å². The maximum Gasteiger partial charge on any atom is 0.257 e. The van der Waals surface area contributed by atoms with Gasteiger partial charge in [0.2, 0.25) is 5.95 Å². The highest BCUT2D eigenvalue weighted by Gasteiger charge is 2.11. The number of nitrogens with zero attached hydrogens (tertiary/aromatic N) is 2. The lowest BCUT2D eigenvalue weighted by Crippen LogP contribution is -2.13. The van der Waals surface area contributed by atoms with Gasteiger partial charge in [0.15, 0.2) is 0 Å². The molecule has 0 amide bonds. The quantitative estimate of drug-likeness (QED) is 0.851. The highest BCUT2D eigenvalue weighted by atomic mass is 35.5. The number of nitrogens with two attached hydrogens (primary N) is 1. The lowest BCUT2D eigenvalue weighted by Gasteiger charge is -2.07. The smallest absolute Gasteiger partial charge is 0.257 e. The molecule has 0 fully saturated rings. The van der Waals surface area contributed by atoms with Crippen molar-refractivity contribution in [3.63, 3.8) is 0 Å². The lowest BCUT2D eigenvalue weighted by atomic mass is 10.0. The minimum Gasteiger partial charge on any atom is -0.368 e. The first kappa shape index (κ1) is 14.3. The molecule has 6 heteroatoms. The summed E-state index contributed by atoms with van der Waals surface area (Å²) in [6, 6.07) is 1.72. The maximum absolute atomic E-state index is 12.2. The third-order valence-electron chi connectivity index (χ3n) is 2.82. The molecule has 2 aromatic heterocycles. The Labute approximate surface area is 121 Å². The molecule has 20 heavy (non-hydrogen) atoms. The van der Waals surface area contributed by atoms with Crippen LogP contribution in [0.15, 0.2) is 34.2 Å². The summed E-state index contributed by atoms with van der Waals surface area (Å²) in [6.45, 7) is 3.81. The Kier molecular flexibility index (Phi) is 4.20. The number of aromatic amines is 1. The number of nitrogen functional groups attached to an aromatic ring is 1. The van der Waals surface area contributed by atoms with Crippen LogP contribution in [0.2, 0.25) is 0 Å². The van der Waals surface area contributed by atoms with Crippen molar-refractivity contribution in [1.29, 1.82) is 0 Å². The van der Waals surface area contributed by atoms with Gasteiger partial charge < -0.3 is 10.7 Å². The van der Waals surface area contributed by atoms with E-state index >= 15 is 0 Å². The summed E-state index contributed by atoms with van der Waals surface area (Å²) in [4.78, 5) is 22.8. The molecule has 0 aromatic carbocycles. The van der Waals surface area contributed by atoms with Crippen molar-refractivity contribution < 1.29 is 0 Å². The number of allylic oxidation sites excluding steroid dienone is 4. The third kappa shape index (κ3) is 2.72. The van der Waals surface area contributed by atoms with Crippen molar-refractivity contribution in [2.45, 2.75) is 20.3 Å². The van der Waals surface area contributed by atoms with Crippen LogP contribution in [0.1, 0.15) is 25.8 Å². The SMILES string of the molecule is C/C=C(Cl)\C(=C/CC)c1cc2cnc(N)nc2[nH]c1=O. The Hall–Kier alpha value is -2.14. The Balaban J connectivity index is 2.71. The fourth-order valence-corrected chi connectivity index (χ4v) is 2.08. The van der Waals surface area contributed by atoms with Gasteiger partial charge in [0.1, 0.15) is 5.65 Å². The first-order valence-corrected chi connectivity index (χ1v) is 6.62. The fraction of sp³-hybridized carbons (Fsp3) is 0.214. The second-order valence-electron chi connectivity index (χ2n) is 4.21.